The number of hydrogen-bond acceptors (Lipinski definition) is 3. The molecule has 0 radical (unpaired) electrons. The van der Waals surface area contributed by atoms with Crippen molar-refractivity contribution in [3.63, 3.8) is 0 Å². The van der Waals surface area contributed by atoms with E-state index in [1.54, 1.807) is 18.4 Å². The molecule has 0 spiro atoms. The smallest absolute Gasteiger partial charge is 0.191 e. The van der Waals surface area contributed by atoms with Gasteiger partial charge in [-0.05, 0) is 30.0 Å². The number of fused-ring (bicyclic) bond motifs is 1. The highest BCUT2D eigenvalue weighted by molar-refractivity contribution is 7.19. The molecule has 25 heavy (non-hydrogen) atoms. The summed E-state index contributed by atoms with van der Waals surface area (Å²) in [6.45, 7) is 3.19. The summed E-state index contributed by atoms with van der Waals surface area (Å²) in [4.78, 5) is 5.18. The number of hydrogen-bond donors (Lipinski definition) is 3. The predicted octanol–water partition coefficient (Wildman–Crippen LogP) is 3.61. The van der Waals surface area contributed by atoms with E-state index < -0.39 is 6.10 Å². The molecule has 1 aromatic heterocycles. The Kier molecular flexibility index (Phi) is 5.68. The molecule has 1 atom stereocenters. The second kappa shape index (κ2) is 8.14. The molecule has 0 aliphatic carbocycles. The minimum absolute atomic E-state index is 0.417. The molecule has 4 nitrogen and oxygen atoms in total. The number of aliphatic hydroxyl groups is 1. The third-order valence-corrected chi connectivity index (χ3v) is 5.22. The summed E-state index contributed by atoms with van der Waals surface area (Å²) in [5.74, 6) is 0.682. The number of aliphatic imine (C=N–C) groups is 1. The van der Waals surface area contributed by atoms with Gasteiger partial charge in [0.1, 0.15) is 6.10 Å². The zero-order chi connectivity index (χ0) is 17.6. The van der Waals surface area contributed by atoms with Crippen molar-refractivity contribution in [3.8, 4) is 0 Å². The Balaban J connectivity index is 1.55. The first-order valence-electron chi connectivity index (χ1n) is 8.32. The molecule has 0 saturated carbocycles. The molecule has 0 saturated heterocycles. The Morgan fingerprint density at radius 1 is 1.12 bits per heavy atom. The Morgan fingerprint density at radius 2 is 1.96 bits per heavy atom. The standard InChI is InChI=1S/C20H23N3OS/c1-14-6-5-7-15(10-14)12-22-20(21-2)23-13-17(24)19-11-16-8-3-4-9-18(16)25-19/h3-11,17,24H,12-13H2,1-2H3,(H2,21,22,23). The van der Waals surface area contributed by atoms with E-state index in [-0.39, 0.29) is 0 Å². The van der Waals surface area contributed by atoms with Crippen LogP contribution in [-0.4, -0.2) is 24.7 Å². The lowest BCUT2D eigenvalue weighted by atomic mass is 10.1. The van der Waals surface area contributed by atoms with Crippen LogP contribution in [0.3, 0.4) is 0 Å². The second-order valence-corrected chi connectivity index (χ2v) is 7.11. The minimum Gasteiger partial charge on any atom is -0.386 e. The molecule has 3 N–H and O–H groups in total. The van der Waals surface area contributed by atoms with Gasteiger partial charge in [0.15, 0.2) is 5.96 Å². The van der Waals surface area contributed by atoms with Gasteiger partial charge in [-0.25, -0.2) is 0 Å². The van der Waals surface area contributed by atoms with Crippen LogP contribution in [-0.2, 0) is 6.54 Å². The van der Waals surface area contributed by atoms with Crippen molar-refractivity contribution in [3.05, 3.63) is 70.6 Å². The molecule has 2 aromatic carbocycles. The molecule has 0 amide bonds. The predicted molar refractivity (Wildman–Crippen MR) is 106 cm³/mol. The molecule has 0 bridgehead atoms. The van der Waals surface area contributed by atoms with Crippen LogP contribution in [0, 0.1) is 6.92 Å². The molecule has 0 aliphatic rings. The molecular weight excluding hydrogens is 330 g/mol. The highest BCUT2D eigenvalue weighted by atomic mass is 32.1. The Bertz CT molecular complexity index is 839. The molecule has 1 heterocycles. The molecule has 0 fully saturated rings. The van der Waals surface area contributed by atoms with Gasteiger partial charge >= 0.3 is 0 Å². The van der Waals surface area contributed by atoms with Crippen LogP contribution in [0.2, 0.25) is 0 Å². The van der Waals surface area contributed by atoms with E-state index >= 15 is 0 Å². The first-order valence-corrected chi connectivity index (χ1v) is 9.14. The van der Waals surface area contributed by atoms with Gasteiger partial charge < -0.3 is 15.7 Å². The van der Waals surface area contributed by atoms with Crippen LogP contribution in [0.25, 0.3) is 10.1 Å². The van der Waals surface area contributed by atoms with Gasteiger partial charge in [-0.3, -0.25) is 4.99 Å². The summed E-state index contributed by atoms with van der Waals surface area (Å²) in [5.41, 5.74) is 2.44. The molecular formula is C20H23N3OS. The van der Waals surface area contributed by atoms with Gasteiger partial charge in [0.25, 0.3) is 0 Å². The fraction of sp³-hybridized carbons (Fsp3) is 0.250. The molecule has 3 aromatic rings. The lowest BCUT2D eigenvalue weighted by molar-refractivity contribution is 0.184. The van der Waals surface area contributed by atoms with Gasteiger partial charge in [-0.15, -0.1) is 11.3 Å². The first kappa shape index (κ1) is 17.5. The highest BCUT2D eigenvalue weighted by Gasteiger charge is 2.12. The van der Waals surface area contributed by atoms with Crippen molar-refractivity contribution >= 4 is 27.4 Å². The zero-order valence-electron chi connectivity index (χ0n) is 14.5. The number of nitrogens with zero attached hydrogens (tertiary/aromatic N) is 1. The maximum Gasteiger partial charge on any atom is 0.191 e. The lowest BCUT2D eigenvalue weighted by Crippen LogP contribution is -2.38. The SMILES string of the molecule is CN=C(NCc1cccc(C)c1)NCC(O)c1cc2ccccc2s1. The van der Waals surface area contributed by atoms with E-state index in [2.05, 4.69) is 58.9 Å². The Hall–Kier alpha value is -2.37. The Labute approximate surface area is 152 Å². The van der Waals surface area contributed by atoms with E-state index in [4.69, 9.17) is 0 Å². The van der Waals surface area contributed by atoms with E-state index in [0.717, 1.165) is 4.88 Å². The average Bonchev–Trinajstić information content (AvgIpc) is 3.06. The Morgan fingerprint density at radius 3 is 2.72 bits per heavy atom. The average molecular weight is 353 g/mol. The van der Waals surface area contributed by atoms with Crippen LogP contribution in [0.4, 0.5) is 0 Å². The normalized spacial score (nSPS) is 13.0. The summed E-state index contributed by atoms with van der Waals surface area (Å²) in [6, 6.07) is 18.6. The number of rotatable bonds is 5. The summed E-state index contributed by atoms with van der Waals surface area (Å²) in [7, 11) is 1.73. The van der Waals surface area contributed by atoms with E-state index in [1.807, 2.05) is 18.2 Å². The van der Waals surface area contributed by atoms with Gasteiger partial charge in [0.05, 0.1) is 0 Å². The lowest BCUT2D eigenvalue weighted by Gasteiger charge is -2.14. The molecule has 0 aliphatic heterocycles. The van der Waals surface area contributed by atoms with E-state index in [0.29, 0.717) is 19.0 Å². The zero-order valence-corrected chi connectivity index (χ0v) is 15.3. The summed E-state index contributed by atoms with van der Waals surface area (Å²) in [6.07, 6.45) is -0.560. The second-order valence-electron chi connectivity index (χ2n) is 6.00. The van der Waals surface area contributed by atoms with Crippen molar-refractivity contribution < 1.29 is 5.11 Å². The first-order chi connectivity index (χ1) is 12.2. The van der Waals surface area contributed by atoms with Crippen LogP contribution in [0.15, 0.2) is 59.6 Å². The van der Waals surface area contributed by atoms with Crippen molar-refractivity contribution in [1.29, 1.82) is 0 Å². The number of benzene rings is 2. The largest absolute Gasteiger partial charge is 0.386 e. The third-order valence-electron chi connectivity index (χ3n) is 4.00. The third kappa shape index (κ3) is 4.59. The van der Waals surface area contributed by atoms with Crippen molar-refractivity contribution in [2.75, 3.05) is 13.6 Å². The molecule has 130 valence electrons. The number of nitrogens with one attached hydrogen (secondary N) is 2. The van der Waals surface area contributed by atoms with E-state index in [1.165, 1.54) is 21.2 Å². The topological polar surface area (TPSA) is 56.7 Å². The van der Waals surface area contributed by atoms with Crippen molar-refractivity contribution in [2.24, 2.45) is 4.99 Å². The van der Waals surface area contributed by atoms with Gasteiger partial charge in [-0.2, -0.15) is 0 Å². The monoisotopic (exact) mass is 353 g/mol. The number of aryl methyl sites for hydroxylation is 1. The number of guanidine groups is 1. The van der Waals surface area contributed by atoms with Crippen LogP contribution < -0.4 is 10.6 Å². The summed E-state index contributed by atoms with van der Waals surface area (Å²) in [5, 5.41) is 18.1. The summed E-state index contributed by atoms with van der Waals surface area (Å²) >= 11 is 1.63. The van der Waals surface area contributed by atoms with Crippen LogP contribution >= 0.6 is 11.3 Å². The van der Waals surface area contributed by atoms with Gasteiger partial charge in [-0.1, -0.05) is 48.0 Å². The van der Waals surface area contributed by atoms with Crippen LogP contribution in [0.5, 0.6) is 0 Å². The van der Waals surface area contributed by atoms with Gasteiger partial charge in [0, 0.05) is 29.7 Å². The van der Waals surface area contributed by atoms with E-state index in [9.17, 15) is 5.11 Å². The van der Waals surface area contributed by atoms with Crippen LogP contribution in [0.1, 0.15) is 22.1 Å². The van der Waals surface area contributed by atoms with Gasteiger partial charge in [0.2, 0.25) is 0 Å². The fourth-order valence-electron chi connectivity index (χ4n) is 2.69. The maximum absolute atomic E-state index is 10.5. The minimum atomic E-state index is -0.560. The maximum atomic E-state index is 10.5. The number of thiophene rings is 1. The summed E-state index contributed by atoms with van der Waals surface area (Å²) < 4.78 is 1.19. The van der Waals surface area contributed by atoms with Crippen molar-refractivity contribution in [2.45, 2.75) is 19.6 Å². The molecule has 5 heteroatoms. The molecule has 3 rings (SSSR count). The number of aliphatic hydroxyl groups excluding tert-OH is 1. The quantitative estimate of drug-likeness (QED) is 0.485. The fourth-order valence-corrected chi connectivity index (χ4v) is 3.74. The van der Waals surface area contributed by atoms with Crippen molar-refractivity contribution in [1.82, 2.24) is 10.6 Å². The molecule has 1 unspecified atom stereocenters. The highest BCUT2D eigenvalue weighted by Crippen LogP contribution is 2.29.